The zero-order valence-corrected chi connectivity index (χ0v) is 22.0. The van der Waals surface area contributed by atoms with E-state index in [2.05, 4.69) is 37.3 Å². The van der Waals surface area contributed by atoms with Crippen LogP contribution in [0.15, 0.2) is 102 Å². The van der Waals surface area contributed by atoms with E-state index in [0.29, 0.717) is 28.2 Å². The summed E-state index contributed by atoms with van der Waals surface area (Å²) in [5.41, 5.74) is 5.48. The molecular weight excluding hydrogens is 488 g/mol. The van der Waals surface area contributed by atoms with Crippen molar-refractivity contribution >= 4 is 16.9 Å². The highest BCUT2D eigenvalue weighted by Gasteiger charge is 2.33. The molecule has 0 bridgehead atoms. The maximum absolute atomic E-state index is 13.8. The molecule has 0 radical (unpaired) electrons. The molecule has 6 nitrogen and oxygen atoms in total. The van der Waals surface area contributed by atoms with E-state index in [1.165, 1.54) is 29.1 Å². The summed E-state index contributed by atoms with van der Waals surface area (Å²) in [5, 5.41) is 23.4. The monoisotopic (exact) mass is 518 g/mol. The summed E-state index contributed by atoms with van der Waals surface area (Å²) in [6.45, 7) is 4.41. The van der Waals surface area contributed by atoms with Crippen LogP contribution in [0.4, 0.5) is 0 Å². The van der Waals surface area contributed by atoms with Gasteiger partial charge in [-0.1, -0.05) is 60.2 Å². The van der Waals surface area contributed by atoms with Crippen molar-refractivity contribution in [2.75, 3.05) is 6.54 Å². The number of furan rings is 1. The Bertz CT molecular complexity index is 1660. The lowest BCUT2D eigenvalue weighted by Gasteiger charge is -2.38. The Labute approximate surface area is 227 Å². The first-order valence-electron chi connectivity index (χ1n) is 13.2. The number of fused-ring (bicyclic) bond motifs is 2. The molecule has 6 rings (SSSR count). The molecule has 3 heterocycles. The molecule has 0 saturated carbocycles. The average molecular weight is 519 g/mol. The number of rotatable bonds is 5. The van der Waals surface area contributed by atoms with Crippen molar-refractivity contribution in [2.24, 2.45) is 0 Å². The molecule has 196 valence electrons. The molecule has 1 aliphatic heterocycles. The summed E-state index contributed by atoms with van der Waals surface area (Å²) < 4.78 is 6.66. The fraction of sp³-hybridized carbons (Fsp3) is 0.212. The van der Waals surface area contributed by atoms with E-state index in [4.69, 9.17) is 4.42 Å². The van der Waals surface area contributed by atoms with Gasteiger partial charge in [-0.2, -0.15) is 4.73 Å². The first-order chi connectivity index (χ1) is 18.8. The van der Waals surface area contributed by atoms with Crippen molar-refractivity contribution in [1.29, 1.82) is 0 Å². The van der Waals surface area contributed by atoms with Gasteiger partial charge in [-0.25, -0.2) is 0 Å². The summed E-state index contributed by atoms with van der Waals surface area (Å²) in [6, 6.07) is 27.3. The van der Waals surface area contributed by atoms with E-state index < -0.39 is 5.60 Å². The minimum Gasteiger partial charge on any atom is -0.619 e. The van der Waals surface area contributed by atoms with Gasteiger partial charge in [-0.05, 0) is 60.7 Å². The number of pyridine rings is 1. The third-order valence-corrected chi connectivity index (χ3v) is 7.74. The van der Waals surface area contributed by atoms with Gasteiger partial charge in [0.1, 0.15) is 16.9 Å². The summed E-state index contributed by atoms with van der Waals surface area (Å²) in [7, 11) is 0. The number of amides is 1. The van der Waals surface area contributed by atoms with Gasteiger partial charge in [0.15, 0.2) is 12.4 Å². The molecule has 0 unspecified atom stereocenters. The fourth-order valence-electron chi connectivity index (χ4n) is 5.62. The summed E-state index contributed by atoms with van der Waals surface area (Å²) >= 11 is 0. The zero-order valence-electron chi connectivity index (χ0n) is 22.0. The Morgan fingerprint density at radius 1 is 1.05 bits per heavy atom. The highest BCUT2D eigenvalue weighted by atomic mass is 16.5. The van der Waals surface area contributed by atoms with E-state index in [0.717, 1.165) is 22.9 Å². The van der Waals surface area contributed by atoms with Gasteiger partial charge in [0, 0.05) is 29.6 Å². The van der Waals surface area contributed by atoms with Crippen molar-refractivity contribution in [2.45, 2.75) is 38.3 Å². The van der Waals surface area contributed by atoms with Crippen LogP contribution in [-0.4, -0.2) is 22.5 Å². The molecule has 0 spiro atoms. The van der Waals surface area contributed by atoms with Crippen molar-refractivity contribution in [3.8, 4) is 0 Å². The van der Waals surface area contributed by atoms with Crippen molar-refractivity contribution < 1.29 is 19.0 Å². The largest absolute Gasteiger partial charge is 0.619 e. The number of carbonyl (C=O) groups excluding carboxylic acids is 1. The van der Waals surface area contributed by atoms with Crippen LogP contribution in [0.3, 0.4) is 0 Å². The van der Waals surface area contributed by atoms with Crippen LogP contribution in [0.5, 0.6) is 0 Å². The molecule has 1 aliphatic rings. The first kappa shape index (κ1) is 24.9. The number of aliphatic hydroxyl groups is 1. The zero-order chi connectivity index (χ0) is 27.1. The smallest absolute Gasteiger partial charge is 0.227 e. The molecule has 0 fully saturated rings. The molecule has 6 heteroatoms. The lowest BCUT2D eigenvalue weighted by atomic mass is 9.87. The first-order valence-corrected chi connectivity index (χ1v) is 13.2. The summed E-state index contributed by atoms with van der Waals surface area (Å²) in [5.74, 6) is 0.442. The summed E-state index contributed by atoms with van der Waals surface area (Å²) in [6.07, 6.45) is 3.79. The molecule has 0 aliphatic carbocycles. The van der Waals surface area contributed by atoms with Gasteiger partial charge >= 0.3 is 0 Å². The van der Waals surface area contributed by atoms with Gasteiger partial charge in [-0.15, -0.1) is 0 Å². The van der Waals surface area contributed by atoms with Crippen LogP contribution in [0, 0.1) is 12.1 Å². The standard InChI is InChI=1S/C33H30N2O4/c1-22-8-10-28-25(18-22)12-17-35(32(28)24-6-4-3-5-7-24)31(36)20-23-9-11-29-26(19-23)21-30(39-29)33(2,37)27-13-15-34(38)16-14-27/h3-11,13-16,18-19,21,32,37H,12,17,20H2,1-2H3/t32-,33+/m0/s1. The van der Waals surface area contributed by atoms with Gasteiger partial charge in [-0.3, -0.25) is 4.79 Å². The van der Waals surface area contributed by atoms with Crippen LogP contribution < -0.4 is 4.73 Å². The number of nitrogens with zero attached hydrogens (tertiary/aromatic N) is 2. The molecule has 39 heavy (non-hydrogen) atoms. The van der Waals surface area contributed by atoms with Crippen molar-refractivity contribution in [3.05, 3.63) is 142 Å². The fourth-order valence-corrected chi connectivity index (χ4v) is 5.62. The average Bonchev–Trinajstić information content (AvgIpc) is 3.37. The lowest BCUT2D eigenvalue weighted by molar-refractivity contribution is -0.605. The molecule has 1 amide bonds. The Morgan fingerprint density at radius 2 is 1.82 bits per heavy atom. The van der Waals surface area contributed by atoms with Crippen LogP contribution in [0.25, 0.3) is 11.0 Å². The second-order valence-electron chi connectivity index (χ2n) is 10.5. The van der Waals surface area contributed by atoms with E-state index in [9.17, 15) is 15.1 Å². The molecule has 3 aromatic carbocycles. The summed E-state index contributed by atoms with van der Waals surface area (Å²) in [4.78, 5) is 15.8. The van der Waals surface area contributed by atoms with Gasteiger partial charge in [0.05, 0.1) is 12.5 Å². The molecule has 1 N–H and O–H groups in total. The van der Waals surface area contributed by atoms with Gasteiger partial charge in [0.2, 0.25) is 5.91 Å². The quantitative estimate of drug-likeness (QED) is 0.251. The number of hydrogen-bond acceptors (Lipinski definition) is 4. The number of benzene rings is 3. The van der Waals surface area contributed by atoms with E-state index in [-0.39, 0.29) is 18.4 Å². The van der Waals surface area contributed by atoms with Crippen molar-refractivity contribution in [1.82, 2.24) is 4.90 Å². The predicted molar refractivity (Wildman–Crippen MR) is 149 cm³/mol. The normalized spacial score (nSPS) is 16.6. The predicted octanol–water partition coefficient (Wildman–Crippen LogP) is 5.35. The van der Waals surface area contributed by atoms with Crippen molar-refractivity contribution in [3.63, 3.8) is 0 Å². The SMILES string of the molecule is Cc1ccc2c(c1)CCN(C(=O)Cc1ccc3oc([C@](C)(O)c4cc[n+]([O-])cc4)cc3c1)[C@H]2c1ccccc1. The second-order valence-corrected chi connectivity index (χ2v) is 10.5. The number of carbonyl (C=O) groups is 1. The highest BCUT2D eigenvalue weighted by Crippen LogP contribution is 2.37. The molecule has 2 atom stereocenters. The van der Waals surface area contributed by atoms with Gasteiger partial charge < -0.3 is 19.6 Å². The van der Waals surface area contributed by atoms with Crippen LogP contribution in [-0.2, 0) is 23.2 Å². The Hall–Kier alpha value is -4.42. The Kier molecular flexibility index (Phi) is 6.20. The second kappa shape index (κ2) is 9.71. The Morgan fingerprint density at radius 3 is 2.59 bits per heavy atom. The molecular formula is C33H30N2O4. The Balaban J connectivity index is 1.28. The maximum Gasteiger partial charge on any atom is 0.227 e. The topological polar surface area (TPSA) is 80.6 Å². The lowest BCUT2D eigenvalue weighted by Crippen LogP contribution is -2.41. The molecule has 0 saturated heterocycles. The van der Waals surface area contributed by atoms with E-state index >= 15 is 0 Å². The maximum atomic E-state index is 13.8. The van der Waals surface area contributed by atoms with Crippen LogP contribution >= 0.6 is 0 Å². The number of aryl methyl sites for hydroxylation is 1. The molecule has 5 aromatic rings. The molecule has 2 aromatic heterocycles. The van der Waals surface area contributed by atoms with Crippen LogP contribution in [0.1, 0.15) is 52.1 Å². The third-order valence-electron chi connectivity index (χ3n) is 7.74. The minimum atomic E-state index is -1.41. The van der Waals surface area contributed by atoms with E-state index in [1.54, 1.807) is 25.1 Å². The van der Waals surface area contributed by atoms with Gasteiger partial charge in [0.25, 0.3) is 0 Å². The van der Waals surface area contributed by atoms with E-state index in [1.807, 2.05) is 41.3 Å². The van der Waals surface area contributed by atoms with Crippen LogP contribution in [0.2, 0.25) is 0 Å². The number of aromatic nitrogens is 1. The number of hydrogen-bond donors (Lipinski definition) is 1. The highest BCUT2D eigenvalue weighted by molar-refractivity contribution is 5.84. The minimum absolute atomic E-state index is 0.0698. The third kappa shape index (κ3) is 4.68.